The van der Waals surface area contributed by atoms with Crippen LogP contribution in [0.2, 0.25) is 0 Å². The molecule has 0 bridgehead atoms. The molecule has 0 amide bonds. The van der Waals surface area contributed by atoms with Crippen LogP contribution in [0.3, 0.4) is 0 Å². The number of likely N-dealkylation sites (tertiary alicyclic amines) is 2. The molecule has 21 nitrogen and oxygen atoms in total. The van der Waals surface area contributed by atoms with E-state index in [1.807, 2.05) is 12.1 Å². The Balaban J connectivity index is 0.000000182. The molecule has 620 valence electrons. The van der Waals surface area contributed by atoms with Gasteiger partial charge in [0.05, 0.1) is 52.8 Å². The molecule has 8 heterocycles. The number of carbonyl (C=O) groups excluding carboxylic acids is 3. The number of nitrogens with zero attached hydrogens (tertiary/aromatic N) is 2. The van der Waals surface area contributed by atoms with Crippen molar-refractivity contribution in [3.63, 3.8) is 0 Å². The van der Waals surface area contributed by atoms with Gasteiger partial charge in [0.1, 0.15) is 17.3 Å². The van der Waals surface area contributed by atoms with E-state index in [-0.39, 0.29) is 73.9 Å². The molecule has 8 aliphatic heterocycles. The van der Waals surface area contributed by atoms with Crippen LogP contribution in [0.5, 0.6) is 69.0 Å². The monoisotopic (exact) mass is 1610 g/mol. The van der Waals surface area contributed by atoms with Gasteiger partial charge in [-0.05, 0) is 182 Å². The smallest absolute Gasteiger partial charge is 0.308 e. The maximum absolute atomic E-state index is 12.5. The number of rotatable bonds is 30. The molecule has 0 spiro atoms. The zero-order chi connectivity index (χ0) is 81.4. The number of carboxylic acids is 1. The summed E-state index contributed by atoms with van der Waals surface area (Å²) >= 11 is 2.96. The summed E-state index contributed by atoms with van der Waals surface area (Å²) < 4.78 is 66.5. The normalized spacial score (nSPS) is 24.1. The molecule has 0 aliphatic carbocycles. The molecule has 4 fully saturated rings. The number of Topliss-reactive ketones (excluding diaryl/α,β-unsaturated/α-hetero) is 3. The highest BCUT2D eigenvalue weighted by atomic mass is 79.9. The predicted octanol–water partition coefficient (Wildman–Crippen LogP) is 18.0. The molecule has 0 aromatic heterocycles. The zero-order valence-corrected chi connectivity index (χ0v) is 72.6. The Bertz CT molecular complexity index is 3640. The Morgan fingerprint density at radius 1 is 0.432 bits per heavy atom. The summed E-state index contributed by atoms with van der Waals surface area (Å²) in [6.07, 6.45) is 13.8. The van der Waals surface area contributed by atoms with Crippen molar-refractivity contribution in [3.05, 3.63) is 70.8 Å². The van der Waals surface area contributed by atoms with Gasteiger partial charge in [-0.25, -0.2) is 0 Å². The molecule has 4 aromatic rings. The Kier molecular flexibility index (Phi) is 32.4. The van der Waals surface area contributed by atoms with Crippen molar-refractivity contribution in [2.45, 2.75) is 250 Å². The predicted molar refractivity (Wildman–Crippen MR) is 439 cm³/mol. The summed E-state index contributed by atoms with van der Waals surface area (Å²) in [6, 6.07) is 17.7. The first-order chi connectivity index (χ1) is 52.6. The Labute approximate surface area is 672 Å². The van der Waals surface area contributed by atoms with Crippen LogP contribution in [0.4, 0.5) is 0 Å². The van der Waals surface area contributed by atoms with Crippen LogP contribution in [0.15, 0.2) is 48.5 Å². The molecule has 0 radical (unpaired) electrons. The van der Waals surface area contributed by atoms with Gasteiger partial charge >= 0.3 is 5.97 Å². The molecule has 22 heteroatoms. The molecular formula is C89H135BrN4O17. The minimum atomic E-state index is -0.833. The van der Waals surface area contributed by atoms with Crippen molar-refractivity contribution in [3.8, 4) is 69.0 Å². The lowest BCUT2D eigenvalue weighted by Crippen LogP contribution is -2.41. The van der Waals surface area contributed by atoms with Crippen LogP contribution in [-0.2, 0) is 19.2 Å². The molecule has 3 N–H and O–H groups in total. The van der Waals surface area contributed by atoms with Gasteiger partial charge in [-0.15, -0.1) is 0 Å². The third-order valence-electron chi connectivity index (χ3n) is 24.2. The molecule has 12 atom stereocenters. The Morgan fingerprint density at radius 2 is 0.721 bits per heavy atom. The van der Waals surface area contributed by atoms with Crippen molar-refractivity contribution in [1.29, 1.82) is 0 Å². The number of hydrogen-bond donors (Lipinski definition) is 3. The molecule has 111 heavy (non-hydrogen) atoms. The van der Waals surface area contributed by atoms with E-state index in [1.165, 1.54) is 75.0 Å². The highest BCUT2D eigenvalue weighted by Gasteiger charge is 2.50. The van der Waals surface area contributed by atoms with Gasteiger partial charge < -0.3 is 72.6 Å². The number of fused-ring (bicyclic) bond motifs is 4. The van der Waals surface area contributed by atoms with Crippen LogP contribution in [0.25, 0.3) is 0 Å². The molecule has 0 saturated carbocycles. The van der Waals surface area contributed by atoms with Crippen molar-refractivity contribution < 1.29 is 81.1 Å². The number of halogens is 1. The Hall–Kier alpha value is -6.72. The summed E-state index contributed by atoms with van der Waals surface area (Å²) in [7, 11) is 6.60. The standard InChI is InChI=1S/C23H33NO6.C23H35NO4.2C20H31NO3.C3H5BrO/c1-6-7-23(3,4)10-17-20(22(26)27)16(12-24(17)11-14(2)25)15-8-18(28-5)21-19(9-15)29-13-30-21;1-7-8-23(4,5)11-19-16(3)18(13-24(19)12-15(2)25)17-9-20(26-6)22-21(10-17)27-14-28-22;2*1-6-7-20(3,4)10-16-13(2)15(11-21-16)14-8-17(22-5)19-18(9-14)23-12-24-19;1-3(5)2-4/h8-9,16-17,20H,6-7,10-13H2,1-5H3,(H,26,27);9-10,16,18-19H,7-8,11-14H2,1-6H3;2*8-9,13,15-16,21H,6-7,10-12H2,1-5H3;2H2,1H3/t16-,17+,20?;16?,18-,19-;2*13?,15-,16-;/m1000./s1. The molecule has 4 aromatic carbocycles. The maximum Gasteiger partial charge on any atom is 0.308 e. The van der Waals surface area contributed by atoms with E-state index in [1.54, 1.807) is 42.3 Å². The summed E-state index contributed by atoms with van der Waals surface area (Å²) in [5.41, 5.74) is 5.66. The molecule has 4 saturated heterocycles. The maximum atomic E-state index is 12.5. The van der Waals surface area contributed by atoms with Gasteiger partial charge in [-0.3, -0.25) is 29.0 Å². The largest absolute Gasteiger partial charge is 0.493 e. The number of benzene rings is 4. The first-order valence-electron chi connectivity index (χ1n) is 40.7. The number of nitrogens with one attached hydrogen (secondary N) is 2. The highest BCUT2D eigenvalue weighted by Crippen LogP contribution is 2.53. The lowest BCUT2D eigenvalue weighted by Gasteiger charge is -2.34. The van der Waals surface area contributed by atoms with Crippen LogP contribution in [0, 0.1) is 45.3 Å². The summed E-state index contributed by atoms with van der Waals surface area (Å²) in [4.78, 5) is 50.6. The van der Waals surface area contributed by atoms with Crippen LogP contribution >= 0.6 is 15.9 Å². The fraction of sp³-hybridized carbons (Fsp3) is 0.685. The topological polar surface area (TPSA) is 230 Å². The zero-order valence-electron chi connectivity index (χ0n) is 71.1. The van der Waals surface area contributed by atoms with E-state index in [9.17, 15) is 24.3 Å². The van der Waals surface area contributed by atoms with Crippen LogP contribution in [0.1, 0.15) is 248 Å². The van der Waals surface area contributed by atoms with Gasteiger partial charge in [0, 0.05) is 74.0 Å². The number of methoxy groups -OCH3 is 4. The van der Waals surface area contributed by atoms with Gasteiger partial charge in [0.15, 0.2) is 46.0 Å². The lowest BCUT2D eigenvalue weighted by atomic mass is 9.76. The number of alkyl halides is 1. The third-order valence-corrected chi connectivity index (χ3v) is 25.0. The van der Waals surface area contributed by atoms with Gasteiger partial charge in [0.2, 0.25) is 50.2 Å². The minimum absolute atomic E-state index is 0.0103. The first kappa shape index (κ1) is 89.8. The van der Waals surface area contributed by atoms with Crippen LogP contribution in [-0.4, -0.2) is 163 Å². The molecule has 4 unspecified atom stereocenters. The van der Waals surface area contributed by atoms with Gasteiger partial charge in [0.25, 0.3) is 0 Å². The summed E-state index contributed by atoms with van der Waals surface area (Å²) in [5, 5.41) is 18.2. The quantitative estimate of drug-likeness (QED) is 0.0412. The van der Waals surface area contributed by atoms with Crippen molar-refractivity contribution in [1.82, 2.24) is 20.4 Å². The summed E-state index contributed by atoms with van der Waals surface area (Å²) in [6.45, 7) is 44.5. The van der Waals surface area contributed by atoms with E-state index in [2.05, 4.69) is 177 Å². The second-order valence-corrected chi connectivity index (χ2v) is 36.0. The number of aliphatic carboxylic acids is 1. The van der Waals surface area contributed by atoms with Gasteiger partial charge in [-0.2, -0.15) is 0 Å². The van der Waals surface area contributed by atoms with Crippen LogP contribution < -0.4 is 67.5 Å². The van der Waals surface area contributed by atoms with E-state index in [0.29, 0.717) is 106 Å². The second kappa shape index (κ2) is 40.0. The fourth-order valence-electron chi connectivity index (χ4n) is 18.8. The number of hydrogen-bond acceptors (Lipinski definition) is 20. The van der Waals surface area contributed by atoms with E-state index < -0.39 is 11.9 Å². The van der Waals surface area contributed by atoms with E-state index in [4.69, 9.17) is 56.8 Å². The number of carboxylic acid groups (broad SMARTS) is 1. The van der Waals surface area contributed by atoms with E-state index >= 15 is 0 Å². The van der Waals surface area contributed by atoms with E-state index in [0.717, 1.165) is 96.9 Å². The SMILES string of the molecule is CC(=O)CBr.CCCC(C)(C)C[C@@H]1NC[C@H](c2cc(OC)c3c(c2)OCO3)C1C.CCCC(C)(C)C[C@@H]1NC[C@H](c2cc(OC)c3c(c2)OCO3)C1C.CCCC(C)(C)C[C@H]1C(C(=O)O)[C@@H](c2cc(OC)c3c(c2)OCO3)CN1CC(C)=O.CCCC(C)(C)C[C@H]1C(C)[C@@H](c2cc(OC)c3c(c2)OCO3)CN1CC(C)=O. The number of ether oxygens (including phenoxy) is 12. The van der Waals surface area contributed by atoms with Crippen molar-refractivity contribution >= 4 is 39.2 Å². The Morgan fingerprint density at radius 3 is 1.02 bits per heavy atom. The molecule has 8 aliphatic rings. The minimum Gasteiger partial charge on any atom is -0.493 e. The molecular weight excluding hydrogens is 1480 g/mol. The third kappa shape index (κ3) is 23.3. The lowest BCUT2D eigenvalue weighted by molar-refractivity contribution is -0.143. The summed E-state index contributed by atoms with van der Waals surface area (Å²) in [5.74, 6) is 10.1. The highest BCUT2D eigenvalue weighted by molar-refractivity contribution is 9.09. The van der Waals surface area contributed by atoms with Gasteiger partial charge in [-0.1, -0.05) is 145 Å². The fourth-order valence-corrected chi connectivity index (χ4v) is 18.8. The number of ketones is 3. The molecule has 12 rings (SSSR count). The second-order valence-electron chi connectivity index (χ2n) is 35.4. The average molecular weight is 1610 g/mol. The first-order valence-corrected chi connectivity index (χ1v) is 41.8. The number of carbonyl (C=O) groups is 4. The average Bonchev–Trinajstić information content (AvgIpc) is 1.62. The van der Waals surface area contributed by atoms with Crippen molar-refractivity contribution in [2.75, 3.05) is 100 Å². The van der Waals surface area contributed by atoms with Crippen molar-refractivity contribution in [2.24, 2.45) is 45.3 Å².